The van der Waals surface area contributed by atoms with Crippen molar-refractivity contribution < 1.29 is 4.79 Å². The Balaban J connectivity index is 1.92. The van der Waals surface area contributed by atoms with Crippen LogP contribution in [0.1, 0.15) is 15.9 Å². The van der Waals surface area contributed by atoms with Gasteiger partial charge in [0.1, 0.15) is 17.2 Å². The molecule has 106 valence electrons. The quantitative estimate of drug-likeness (QED) is 0.800. The van der Waals surface area contributed by atoms with Crippen molar-refractivity contribution in [3.63, 3.8) is 0 Å². The van der Waals surface area contributed by atoms with E-state index in [4.69, 9.17) is 0 Å². The Bertz CT molecular complexity index is 773. The minimum absolute atomic E-state index is 0.232. The number of nitrogens with zero attached hydrogens (tertiary/aromatic N) is 4. The highest BCUT2D eigenvalue weighted by Gasteiger charge is 2.17. The molecule has 3 rings (SSSR count). The number of aryl methyl sites for hydroxylation is 2. The zero-order valence-electron chi connectivity index (χ0n) is 11.8. The number of carbonyl (C=O) groups is 1. The van der Waals surface area contributed by atoms with Crippen LogP contribution in [0, 0.1) is 6.92 Å². The number of aromatic nitrogens is 4. The van der Waals surface area contributed by atoms with Crippen LogP contribution < -0.4 is 5.32 Å². The number of pyridine rings is 1. The molecule has 0 aliphatic rings. The third kappa shape index (κ3) is 2.55. The van der Waals surface area contributed by atoms with E-state index in [-0.39, 0.29) is 5.91 Å². The monoisotopic (exact) mass is 281 g/mol. The van der Waals surface area contributed by atoms with Crippen LogP contribution in [0.5, 0.6) is 0 Å². The molecule has 0 saturated carbocycles. The molecule has 6 nitrogen and oxygen atoms in total. The smallest absolute Gasteiger partial charge is 0.262 e. The lowest BCUT2D eigenvalue weighted by atomic mass is 10.2. The number of rotatable bonds is 3. The van der Waals surface area contributed by atoms with E-state index in [1.165, 1.54) is 0 Å². The van der Waals surface area contributed by atoms with Gasteiger partial charge in [0, 0.05) is 25.6 Å². The van der Waals surface area contributed by atoms with Gasteiger partial charge in [-0.25, -0.2) is 4.98 Å². The van der Waals surface area contributed by atoms with E-state index in [1.807, 2.05) is 48.1 Å². The lowest BCUT2D eigenvalue weighted by molar-refractivity contribution is 0.102. The average molecular weight is 281 g/mol. The zero-order valence-corrected chi connectivity index (χ0v) is 11.8. The third-order valence-electron chi connectivity index (χ3n) is 3.16. The summed E-state index contributed by atoms with van der Waals surface area (Å²) in [4.78, 5) is 16.6. The molecule has 3 aromatic heterocycles. The normalized spacial score (nSPS) is 10.6. The van der Waals surface area contributed by atoms with Crippen LogP contribution in [0.25, 0.3) is 5.82 Å². The second-order valence-electron chi connectivity index (χ2n) is 4.77. The molecule has 3 heterocycles. The molecule has 1 N–H and O–H groups in total. The first kappa shape index (κ1) is 13.1. The largest absolute Gasteiger partial charge is 0.308 e. The molecule has 6 heteroatoms. The molecule has 21 heavy (non-hydrogen) atoms. The lowest BCUT2D eigenvalue weighted by Crippen LogP contribution is -2.15. The Labute approximate surface area is 122 Å². The van der Waals surface area contributed by atoms with Crippen LogP contribution in [-0.2, 0) is 7.05 Å². The van der Waals surface area contributed by atoms with E-state index in [2.05, 4.69) is 15.4 Å². The molecule has 0 aromatic carbocycles. The predicted molar refractivity (Wildman–Crippen MR) is 79.5 cm³/mol. The van der Waals surface area contributed by atoms with Gasteiger partial charge >= 0.3 is 0 Å². The molecule has 1 amide bonds. The van der Waals surface area contributed by atoms with Crippen LogP contribution in [0.2, 0.25) is 0 Å². The number of amides is 1. The van der Waals surface area contributed by atoms with Crippen molar-refractivity contribution in [1.29, 1.82) is 0 Å². The first-order valence-corrected chi connectivity index (χ1v) is 6.54. The highest BCUT2D eigenvalue weighted by molar-refractivity contribution is 6.05. The molecule has 3 aromatic rings. The molecule has 0 saturated heterocycles. The SMILES string of the molecule is Cc1ccnc(NC(=O)c2cnn(C)c2-n2cccc2)c1. The fraction of sp³-hybridized carbons (Fsp3) is 0.133. The molecule has 0 unspecified atom stereocenters. The van der Waals surface area contributed by atoms with Crippen LogP contribution in [0.3, 0.4) is 0 Å². The Kier molecular flexibility index (Phi) is 3.27. The van der Waals surface area contributed by atoms with Crippen molar-refractivity contribution in [3.05, 3.63) is 60.2 Å². The number of anilines is 1. The van der Waals surface area contributed by atoms with E-state index < -0.39 is 0 Å². The van der Waals surface area contributed by atoms with Crippen LogP contribution in [-0.4, -0.2) is 25.2 Å². The molecule has 0 aliphatic carbocycles. The van der Waals surface area contributed by atoms with Gasteiger partial charge in [-0.1, -0.05) is 0 Å². The number of carbonyl (C=O) groups excluding carboxylic acids is 1. The third-order valence-corrected chi connectivity index (χ3v) is 3.16. The summed E-state index contributed by atoms with van der Waals surface area (Å²) in [6.45, 7) is 1.95. The van der Waals surface area contributed by atoms with Crippen molar-refractivity contribution in [1.82, 2.24) is 19.3 Å². The van der Waals surface area contributed by atoms with Crippen molar-refractivity contribution in [2.75, 3.05) is 5.32 Å². The highest BCUT2D eigenvalue weighted by atomic mass is 16.1. The van der Waals surface area contributed by atoms with Gasteiger partial charge in [-0.3, -0.25) is 9.48 Å². The summed E-state index contributed by atoms with van der Waals surface area (Å²) >= 11 is 0. The molecule has 0 spiro atoms. The average Bonchev–Trinajstić information content (AvgIpc) is 3.07. The van der Waals surface area contributed by atoms with Crippen molar-refractivity contribution in [3.8, 4) is 5.82 Å². The predicted octanol–water partition coefficient (Wildman–Crippen LogP) is 2.17. The summed E-state index contributed by atoms with van der Waals surface area (Å²) in [5.41, 5.74) is 1.54. The van der Waals surface area contributed by atoms with Crippen molar-refractivity contribution >= 4 is 11.7 Å². The summed E-state index contributed by atoms with van der Waals surface area (Å²) < 4.78 is 3.52. The van der Waals surface area contributed by atoms with Gasteiger partial charge in [0.15, 0.2) is 0 Å². The lowest BCUT2D eigenvalue weighted by Gasteiger charge is -2.08. The Hall–Kier alpha value is -2.89. The van der Waals surface area contributed by atoms with Gasteiger partial charge in [-0.2, -0.15) is 5.10 Å². The Morgan fingerprint density at radius 2 is 2.05 bits per heavy atom. The highest BCUT2D eigenvalue weighted by Crippen LogP contribution is 2.16. The summed E-state index contributed by atoms with van der Waals surface area (Å²) in [6.07, 6.45) is 6.97. The minimum atomic E-state index is -0.232. The number of hydrogen-bond donors (Lipinski definition) is 1. The maximum Gasteiger partial charge on any atom is 0.262 e. The minimum Gasteiger partial charge on any atom is -0.308 e. The van der Waals surface area contributed by atoms with E-state index in [0.717, 1.165) is 5.56 Å². The first-order valence-electron chi connectivity index (χ1n) is 6.54. The molecular weight excluding hydrogens is 266 g/mol. The second kappa shape index (κ2) is 5.24. The maximum atomic E-state index is 12.4. The van der Waals surface area contributed by atoms with Gasteiger partial charge in [-0.15, -0.1) is 0 Å². The molecule has 0 bridgehead atoms. The summed E-state index contributed by atoms with van der Waals surface area (Å²) in [5, 5.41) is 6.97. The van der Waals surface area contributed by atoms with Gasteiger partial charge in [0.2, 0.25) is 0 Å². The van der Waals surface area contributed by atoms with Crippen LogP contribution in [0.15, 0.2) is 49.1 Å². The summed E-state index contributed by atoms with van der Waals surface area (Å²) in [5.74, 6) is 1.01. The van der Waals surface area contributed by atoms with E-state index in [1.54, 1.807) is 24.1 Å². The molecular formula is C15H15N5O. The Morgan fingerprint density at radius 1 is 1.29 bits per heavy atom. The van der Waals surface area contributed by atoms with E-state index in [0.29, 0.717) is 17.2 Å². The fourth-order valence-electron chi connectivity index (χ4n) is 2.16. The molecule has 0 fully saturated rings. The van der Waals surface area contributed by atoms with Gasteiger partial charge in [0.25, 0.3) is 5.91 Å². The van der Waals surface area contributed by atoms with Gasteiger partial charge < -0.3 is 9.88 Å². The topological polar surface area (TPSA) is 64.7 Å². The molecule has 0 aliphatic heterocycles. The fourth-order valence-corrected chi connectivity index (χ4v) is 2.16. The standard InChI is InChI=1S/C15H15N5O/c1-11-5-6-16-13(9-11)18-14(21)12-10-17-19(2)15(12)20-7-3-4-8-20/h3-10H,1-2H3,(H,16,18,21). The Morgan fingerprint density at radius 3 is 2.76 bits per heavy atom. The van der Waals surface area contributed by atoms with Crippen LogP contribution >= 0.6 is 0 Å². The zero-order chi connectivity index (χ0) is 14.8. The first-order chi connectivity index (χ1) is 10.1. The van der Waals surface area contributed by atoms with Gasteiger partial charge in [0.05, 0.1) is 6.20 Å². The van der Waals surface area contributed by atoms with Crippen LogP contribution in [0.4, 0.5) is 5.82 Å². The van der Waals surface area contributed by atoms with Crippen molar-refractivity contribution in [2.45, 2.75) is 6.92 Å². The maximum absolute atomic E-state index is 12.4. The second-order valence-corrected chi connectivity index (χ2v) is 4.77. The molecule has 0 radical (unpaired) electrons. The number of nitrogens with one attached hydrogen (secondary N) is 1. The number of hydrogen-bond acceptors (Lipinski definition) is 3. The summed E-state index contributed by atoms with van der Waals surface area (Å²) in [7, 11) is 1.80. The molecule has 0 atom stereocenters. The summed E-state index contributed by atoms with van der Waals surface area (Å²) in [6, 6.07) is 7.50. The van der Waals surface area contributed by atoms with Gasteiger partial charge in [-0.05, 0) is 36.8 Å². The van der Waals surface area contributed by atoms with E-state index in [9.17, 15) is 4.79 Å². The van der Waals surface area contributed by atoms with E-state index >= 15 is 0 Å². The van der Waals surface area contributed by atoms with Crippen molar-refractivity contribution in [2.24, 2.45) is 7.05 Å².